The number of sulfonamides is 1. The molecule has 1 aliphatic rings. The molecule has 2 N–H and O–H groups in total. The Morgan fingerprint density at radius 2 is 2.05 bits per heavy atom. The summed E-state index contributed by atoms with van der Waals surface area (Å²) in [6.07, 6.45) is 3.74. The van der Waals surface area contributed by atoms with Crippen molar-refractivity contribution < 1.29 is 13.2 Å². The Morgan fingerprint density at radius 3 is 2.57 bits per heavy atom. The molecule has 0 aromatic rings. The Morgan fingerprint density at radius 1 is 1.38 bits per heavy atom. The van der Waals surface area contributed by atoms with Gasteiger partial charge in [-0.1, -0.05) is 0 Å². The quantitative estimate of drug-likeness (QED) is 0.233. The lowest BCUT2D eigenvalue weighted by Gasteiger charge is -2.22. The lowest BCUT2D eigenvalue weighted by atomic mass is 10.5. The van der Waals surface area contributed by atoms with Gasteiger partial charge >= 0.3 is 0 Å². The zero-order valence-electron chi connectivity index (χ0n) is 13.0. The maximum atomic E-state index is 10.9. The van der Waals surface area contributed by atoms with Crippen LogP contribution in [0.2, 0.25) is 0 Å². The first-order valence-electron chi connectivity index (χ1n) is 6.86. The highest BCUT2D eigenvalue weighted by Crippen LogP contribution is 2.28. The number of rotatable bonds is 9. The molecule has 1 saturated carbocycles. The summed E-state index contributed by atoms with van der Waals surface area (Å²) >= 11 is 0. The molecule has 1 fully saturated rings. The fourth-order valence-corrected chi connectivity index (χ4v) is 2.11. The number of guanidine groups is 1. The van der Waals surface area contributed by atoms with Crippen molar-refractivity contribution in [1.82, 2.24) is 14.9 Å². The lowest BCUT2D eigenvalue weighted by molar-refractivity contribution is 0.115. The summed E-state index contributed by atoms with van der Waals surface area (Å²) in [7, 11) is 0.500. The molecule has 1 rings (SSSR count). The minimum absolute atomic E-state index is 0. The van der Waals surface area contributed by atoms with Gasteiger partial charge in [0, 0.05) is 40.3 Å². The first-order valence-corrected chi connectivity index (χ1v) is 8.75. The van der Waals surface area contributed by atoms with Gasteiger partial charge in [-0.3, -0.25) is 4.99 Å². The minimum atomic E-state index is -3.13. The highest BCUT2D eigenvalue weighted by Gasteiger charge is 2.21. The molecule has 0 atom stereocenters. The minimum Gasteiger partial charge on any atom is -0.379 e. The molecule has 0 unspecified atom stereocenters. The maximum Gasteiger partial charge on any atom is 0.208 e. The average Bonchev–Trinajstić information content (AvgIpc) is 3.17. The van der Waals surface area contributed by atoms with Crippen molar-refractivity contribution in [2.75, 3.05) is 53.2 Å². The van der Waals surface area contributed by atoms with E-state index in [2.05, 4.69) is 15.0 Å². The van der Waals surface area contributed by atoms with Crippen molar-refractivity contribution in [3.63, 3.8) is 0 Å². The average molecular weight is 434 g/mol. The molecule has 0 aromatic heterocycles. The second kappa shape index (κ2) is 10.6. The third kappa shape index (κ3) is 11.1. The number of nitrogens with zero attached hydrogens (tertiary/aromatic N) is 2. The Bertz CT molecular complexity index is 413. The molecular formula is C12H27IN4O3S. The van der Waals surface area contributed by atoms with Gasteiger partial charge in [0.05, 0.1) is 12.9 Å². The topological polar surface area (TPSA) is 83.0 Å². The highest BCUT2D eigenvalue weighted by atomic mass is 127. The van der Waals surface area contributed by atoms with Crippen LogP contribution in [0.15, 0.2) is 4.99 Å². The molecule has 21 heavy (non-hydrogen) atoms. The fourth-order valence-electron chi connectivity index (χ4n) is 1.64. The van der Waals surface area contributed by atoms with Gasteiger partial charge in [0.15, 0.2) is 5.96 Å². The van der Waals surface area contributed by atoms with Crippen molar-refractivity contribution in [2.24, 2.45) is 10.9 Å². The predicted octanol–water partition coefficient (Wildman–Crippen LogP) is 0.0874. The molecule has 0 radical (unpaired) electrons. The Hall–Kier alpha value is -0.130. The summed E-state index contributed by atoms with van der Waals surface area (Å²) in [6, 6.07) is 0. The van der Waals surface area contributed by atoms with Crippen LogP contribution >= 0.6 is 24.0 Å². The summed E-state index contributed by atoms with van der Waals surface area (Å²) < 4.78 is 29.8. The van der Waals surface area contributed by atoms with Crippen LogP contribution in [-0.2, 0) is 14.8 Å². The van der Waals surface area contributed by atoms with Gasteiger partial charge in [0.2, 0.25) is 10.0 Å². The summed E-state index contributed by atoms with van der Waals surface area (Å²) in [4.78, 5) is 6.11. The van der Waals surface area contributed by atoms with Crippen LogP contribution in [0.3, 0.4) is 0 Å². The number of likely N-dealkylation sites (N-methyl/N-ethyl adjacent to an activating group) is 1. The Kier molecular flexibility index (Phi) is 10.5. The Labute approximate surface area is 145 Å². The zero-order chi connectivity index (χ0) is 15.0. The molecule has 0 amide bonds. The van der Waals surface area contributed by atoms with Gasteiger partial charge in [-0.05, 0) is 18.8 Å². The normalized spacial score (nSPS) is 15.5. The fraction of sp³-hybridized carbons (Fsp3) is 0.917. The Balaban J connectivity index is 0.00000400. The second-order valence-electron chi connectivity index (χ2n) is 5.08. The smallest absolute Gasteiger partial charge is 0.208 e. The summed E-state index contributed by atoms with van der Waals surface area (Å²) in [5.74, 6) is 1.51. The van der Waals surface area contributed by atoms with Gasteiger partial charge in [-0.25, -0.2) is 13.1 Å². The van der Waals surface area contributed by atoms with Gasteiger partial charge in [0.1, 0.15) is 0 Å². The zero-order valence-corrected chi connectivity index (χ0v) is 16.1. The van der Waals surface area contributed by atoms with E-state index in [1.165, 1.54) is 12.8 Å². The van der Waals surface area contributed by atoms with E-state index in [4.69, 9.17) is 4.74 Å². The predicted molar refractivity (Wildman–Crippen MR) is 95.8 cm³/mol. The second-order valence-corrected chi connectivity index (χ2v) is 6.91. The van der Waals surface area contributed by atoms with E-state index >= 15 is 0 Å². The first kappa shape index (κ1) is 20.9. The van der Waals surface area contributed by atoms with Crippen molar-refractivity contribution >= 4 is 40.0 Å². The van der Waals surface area contributed by atoms with E-state index in [0.717, 1.165) is 31.3 Å². The molecule has 9 heteroatoms. The molecule has 0 spiro atoms. The SMILES string of the molecule is CN=C(NCCNS(C)(=O)=O)N(C)CCOCC1CC1.I. The van der Waals surface area contributed by atoms with Crippen molar-refractivity contribution in [3.8, 4) is 0 Å². The van der Waals surface area contributed by atoms with E-state index < -0.39 is 10.0 Å². The van der Waals surface area contributed by atoms with Crippen LogP contribution < -0.4 is 10.0 Å². The molecule has 0 aliphatic heterocycles. The molecule has 0 aromatic carbocycles. The van der Waals surface area contributed by atoms with E-state index in [9.17, 15) is 8.42 Å². The van der Waals surface area contributed by atoms with Crippen molar-refractivity contribution in [1.29, 1.82) is 0 Å². The molecule has 7 nitrogen and oxygen atoms in total. The third-order valence-corrected chi connectivity index (χ3v) is 3.70. The van der Waals surface area contributed by atoms with Crippen LogP contribution in [0, 0.1) is 5.92 Å². The number of hydrogen-bond donors (Lipinski definition) is 2. The summed E-state index contributed by atoms with van der Waals surface area (Å²) in [6.45, 7) is 3.12. The number of halogens is 1. The standard InChI is InChI=1S/C12H26N4O3S.HI/c1-13-12(14-6-7-15-20(3,17)18)16(2)8-9-19-10-11-4-5-11;/h11,15H,4-10H2,1-3H3,(H,13,14);1H. The molecule has 0 heterocycles. The maximum absolute atomic E-state index is 10.9. The molecular weight excluding hydrogens is 407 g/mol. The number of ether oxygens (including phenoxy) is 1. The molecule has 1 aliphatic carbocycles. The van der Waals surface area contributed by atoms with Crippen LogP contribution in [0.5, 0.6) is 0 Å². The molecule has 0 saturated heterocycles. The summed E-state index contributed by atoms with van der Waals surface area (Å²) in [5.41, 5.74) is 0. The number of hydrogen-bond acceptors (Lipinski definition) is 4. The van der Waals surface area contributed by atoms with E-state index in [1.54, 1.807) is 7.05 Å². The van der Waals surface area contributed by atoms with E-state index in [-0.39, 0.29) is 24.0 Å². The van der Waals surface area contributed by atoms with Crippen LogP contribution in [-0.4, -0.2) is 72.5 Å². The molecule has 126 valence electrons. The van der Waals surface area contributed by atoms with Gasteiger partial charge in [0.25, 0.3) is 0 Å². The number of nitrogens with one attached hydrogen (secondary N) is 2. The van der Waals surface area contributed by atoms with Crippen LogP contribution in [0.25, 0.3) is 0 Å². The van der Waals surface area contributed by atoms with Crippen molar-refractivity contribution in [2.45, 2.75) is 12.8 Å². The monoisotopic (exact) mass is 434 g/mol. The first-order chi connectivity index (χ1) is 9.42. The van der Waals surface area contributed by atoms with Crippen LogP contribution in [0.4, 0.5) is 0 Å². The van der Waals surface area contributed by atoms with Crippen LogP contribution in [0.1, 0.15) is 12.8 Å². The van der Waals surface area contributed by atoms with Gasteiger partial charge in [-0.2, -0.15) is 0 Å². The molecule has 0 bridgehead atoms. The highest BCUT2D eigenvalue weighted by molar-refractivity contribution is 14.0. The summed E-state index contributed by atoms with van der Waals surface area (Å²) in [5, 5.41) is 3.10. The van der Waals surface area contributed by atoms with Gasteiger partial charge in [-0.15, -0.1) is 24.0 Å². The van der Waals surface area contributed by atoms with E-state index in [1.807, 2.05) is 11.9 Å². The third-order valence-electron chi connectivity index (χ3n) is 2.97. The lowest BCUT2D eigenvalue weighted by Crippen LogP contribution is -2.43. The largest absolute Gasteiger partial charge is 0.379 e. The van der Waals surface area contributed by atoms with E-state index in [0.29, 0.717) is 19.7 Å². The number of aliphatic imine (C=N–C) groups is 1. The van der Waals surface area contributed by atoms with Crippen molar-refractivity contribution in [3.05, 3.63) is 0 Å². The van der Waals surface area contributed by atoms with Gasteiger partial charge < -0.3 is 15.0 Å².